The predicted octanol–water partition coefficient (Wildman–Crippen LogP) is 3.39. The van der Waals surface area contributed by atoms with E-state index in [2.05, 4.69) is 0 Å². The summed E-state index contributed by atoms with van der Waals surface area (Å²) in [6.07, 6.45) is -0.782. The van der Waals surface area contributed by atoms with Crippen molar-refractivity contribution in [2.24, 2.45) is 0 Å². The zero-order valence-corrected chi connectivity index (χ0v) is 12.1. The molecule has 0 saturated heterocycles. The minimum atomic E-state index is -0.782. The molecular weight excluding hydrogens is 292 g/mol. The number of halogens is 1. The molecule has 0 bridgehead atoms. The van der Waals surface area contributed by atoms with Crippen molar-refractivity contribution < 1.29 is 19.0 Å². The number of aryl methyl sites for hydroxylation is 1. The van der Waals surface area contributed by atoms with Gasteiger partial charge in [-0.2, -0.15) is 0 Å². The van der Waals surface area contributed by atoms with E-state index in [1.807, 2.05) is 19.1 Å². The number of esters is 1. The normalized spacial score (nSPS) is 16.4. The fraction of sp³-hybridized carbons (Fsp3) is 0.188. The van der Waals surface area contributed by atoms with E-state index < -0.39 is 12.1 Å². The van der Waals surface area contributed by atoms with E-state index in [1.54, 1.807) is 30.3 Å². The second-order valence-electron chi connectivity index (χ2n) is 4.70. The van der Waals surface area contributed by atoms with E-state index in [0.717, 1.165) is 5.56 Å². The molecule has 4 nitrogen and oxygen atoms in total. The minimum Gasteiger partial charge on any atom is -0.485 e. The second-order valence-corrected chi connectivity index (χ2v) is 5.10. The Balaban J connectivity index is 1.70. The van der Waals surface area contributed by atoms with Gasteiger partial charge in [0.1, 0.15) is 12.4 Å². The summed E-state index contributed by atoms with van der Waals surface area (Å²) in [6, 6.07) is 12.2. The minimum absolute atomic E-state index is 0.127. The molecule has 1 unspecified atom stereocenters. The van der Waals surface area contributed by atoms with Crippen LogP contribution in [0.15, 0.2) is 42.5 Å². The van der Waals surface area contributed by atoms with E-state index in [9.17, 15) is 4.79 Å². The van der Waals surface area contributed by atoms with Gasteiger partial charge in [-0.05, 0) is 42.8 Å². The van der Waals surface area contributed by atoms with Gasteiger partial charge in [0.15, 0.2) is 11.5 Å². The largest absolute Gasteiger partial charge is 0.485 e. The lowest BCUT2D eigenvalue weighted by Gasteiger charge is -2.24. The van der Waals surface area contributed by atoms with Gasteiger partial charge in [-0.1, -0.05) is 23.7 Å². The Kier molecular flexibility index (Phi) is 3.71. The van der Waals surface area contributed by atoms with Gasteiger partial charge in [0.25, 0.3) is 0 Å². The van der Waals surface area contributed by atoms with Crippen LogP contribution in [-0.4, -0.2) is 18.7 Å². The summed E-state index contributed by atoms with van der Waals surface area (Å²) in [7, 11) is 0. The molecule has 21 heavy (non-hydrogen) atoms. The molecule has 1 aliphatic heterocycles. The van der Waals surface area contributed by atoms with Crippen molar-refractivity contribution in [2.45, 2.75) is 13.0 Å². The lowest BCUT2D eigenvalue weighted by molar-refractivity contribution is -0.144. The molecule has 5 heteroatoms. The van der Waals surface area contributed by atoms with Crippen molar-refractivity contribution in [2.75, 3.05) is 6.61 Å². The van der Waals surface area contributed by atoms with Crippen LogP contribution in [0.4, 0.5) is 0 Å². The highest BCUT2D eigenvalue weighted by Gasteiger charge is 2.29. The molecular formula is C16H13ClO4. The quantitative estimate of drug-likeness (QED) is 0.630. The van der Waals surface area contributed by atoms with Crippen molar-refractivity contribution in [1.82, 2.24) is 0 Å². The standard InChI is InChI=1S/C16H13ClO4/c1-10-8-11(6-7-12(10)17)20-16(18)15-9-19-13-4-2-3-5-14(13)21-15/h2-8,15H,9H2,1H3. The van der Waals surface area contributed by atoms with Crippen LogP contribution in [0, 0.1) is 6.92 Å². The molecule has 0 spiro atoms. The smallest absolute Gasteiger partial charge is 0.356 e. The number of carbonyl (C=O) groups excluding carboxylic acids is 1. The number of hydrogen-bond acceptors (Lipinski definition) is 4. The van der Waals surface area contributed by atoms with Crippen molar-refractivity contribution in [1.29, 1.82) is 0 Å². The van der Waals surface area contributed by atoms with Gasteiger partial charge in [-0.3, -0.25) is 0 Å². The molecule has 2 aromatic rings. The third-order valence-electron chi connectivity index (χ3n) is 3.12. The van der Waals surface area contributed by atoms with Crippen LogP contribution in [-0.2, 0) is 4.79 Å². The molecule has 0 aliphatic carbocycles. The first-order valence-corrected chi connectivity index (χ1v) is 6.87. The lowest BCUT2D eigenvalue weighted by atomic mass is 10.2. The highest BCUT2D eigenvalue weighted by molar-refractivity contribution is 6.31. The zero-order chi connectivity index (χ0) is 14.8. The number of hydrogen-bond donors (Lipinski definition) is 0. The van der Waals surface area contributed by atoms with Crippen LogP contribution in [0.3, 0.4) is 0 Å². The zero-order valence-electron chi connectivity index (χ0n) is 11.3. The summed E-state index contributed by atoms with van der Waals surface area (Å²) in [5, 5.41) is 0.626. The van der Waals surface area contributed by atoms with Crippen LogP contribution in [0.25, 0.3) is 0 Å². The molecule has 0 amide bonds. The van der Waals surface area contributed by atoms with Crippen molar-refractivity contribution >= 4 is 17.6 Å². The second kappa shape index (κ2) is 5.66. The number of fused-ring (bicyclic) bond motifs is 1. The van der Waals surface area contributed by atoms with E-state index in [-0.39, 0.29) is 6.61 Å². The predicted molar refractivity (Wildman–Crippen MR) is 78.2 cm³/mol. The molecule has 2 aromatic carbocycles. The molecule has 1 aliphatic rings. The average Bonchev–Trinajstić information content (AvgIpc) is 2.50. The Bertz CT molecular complexity index is 684. The molecule has 0 saturated carbocycles. The highest BCUT2D eigenvalue weighted by Crippen LogP contribution is 2.31. The first-order valence-electron chi connectivity index (χ1n) is 6.50. The van der Waals surface area contributed by atoms with Gasteiger partial charge in [0.2, 0.25) is 6.10 Å². The van der Waals surface area contributed by atoms with Gasteiger partial charge in [-0.15, -0.1) is 0 Å². The molecule has 0 fully saturated rings. The van der Waals surface area contributed by atoms with E-state index in [4.69, 9.17) is 25.8 Å². The number of rotatable bonds is 2. The topological polar surface area (TPSA) is 44.8 Å². The summed E-state index contributed by atoms with van der Waals surface area (Å²) in [5.41, 5.74) is 0.841. The van der Waals surface area contributed by atoms with Gasteiger partial charge in [-0.25, -0.2) is 4.79 Å². The lowest BCUT2D eigenvalue weighted by Crippen LogP contribution is -2.39. The van der Waals surface area contributed by atoms with E-state index in [1.165, 1.54) is 0 Å². The fourth-order valence-corrected chi connectivity index (χ4v) is 2.12. The molecule has 0 radical (unpaired) electrons. The van der Waals surface area contributed by atoms with Crippen molar-refractivity contribution in [3.63, 3.8) is 0 Å². The Morgan fingerprint density at radius 1 is 1.24 bits per heavy atom. The van der Waals surface area contributed by atoms with Crippen molar-refractivity contribution in [3.05, 3.63) is 53.1 Å². The van der Waals surface area contributed by atoms with Gasteiger partial charge < -0.3 is 14.2 Å². The highest BCUT2D eigenvalue weighted by atomic mass is 35.5. The Hall–Kier alpha value is -2.20. The monoisotopic (exact) mass is 304 g/mol. The summed E-state index contributed by atoms with van der Waals surface area (Å²) < 4.78 is 16.4. The van der Waals surface area contributed by atoms with E-state index in [0.29, 0.717) is 22.3 Å². The van der Waals surface area contributed by atoms with Crippen molar-refractivity contribution in [3.8, 4) is 17.2 Å². The average molecular weight is 305 g/mol. The van der Waals surface area contributed by atoms with Crippen LogP contribution in [0.2, 0.25) is 5.02 Å². The fourth-order valence-electron chi connectivity index (χ4n) is 2.00. The SMILES string of the molecule is Cc1cc(OC(=O)C2COc3ccccc3O2)ccc1Cl. The maximum absolute atomic E-state index is 12.1. The van der Waals surface area contributed by atoms with Crippen LogP contribution in [0.5, 0.6) is 17.2 Å². The molecule has 0 aromatic heterocycles. The molecule has 1 heterocycles. The van der Waals surface area contributed by atoms with Gasteiger partial charge in [0.05, 0.1) is 0 Å². The Morgan fingerprint density at radius 3 is 2.76 bits per heavy atom. The first kappa shape index (κ1) is 13.8. The summed E-state index contributed by atoms with van der Waals surface area (Å²) in [4.78, 5) is 12.1. The third-order valence-corrected chi connectivity index (χ3v) is 3.54. The molecule has 0 N–H and O–H groups in total. The Morgan fingerprint density at radius 2 is 2.00 bits per heavy atom. The molecule has 108 valence electrons. The van der Waals surface area contributed by atoms with Crippen LogP contribution >= 0.6 is 11.6 Å². The van der Waals surface area contributed by atoms with Gasteiger partial charge >= 0.3 is 5.97 Å². The molecule has 3 rings (SSSR count). The third kappa shape index (κ3) is 2.95. The molecule has 1 atom stereocenters. The maximum Gasteiger partial charge on any atom is 0.356 e. The van der Waals surface area contributed by atoms with E-state index >= 15 is 0 Å². The summed E-state index contributed by atoms with van der Waals surface area (Å²) in [5.74, 6) is 1.11. The summed E-state index contributed by atoms with van der Waals surface area (Å²) in [6.45, 7) is 1.97. The maximum atomic E-state index is 12.1. The van der Waals surface area contributed by atoms with Crippen LogP contribution < -0.4 is 14.2 Å². The number of benzene rings is 2. The number of para-hydroxylation sites is 2. The number of carbonyl (C=O) groups is 1. The first-order chi connectivity index (χ1) is 10.1. The van der Waals surface area contributed by atoms with Crippen LogP contribution in [0.1, 0.15) is 5.56 Å². The van der Waals surface area contributed by atoms with Gasteiger partial charge in [0, 0.05) is 5.02 Å². The number of ether oxygens (including phenoxy) is 3. The summed E-state index contributed by atoms with van der Waals surface area (Å²) >= 11 is 5.94. The Labute approximate surface area is 127 Å².